The minimum Gasteiger partial charge on any atom is -0.493 e. The highest BCUT2D eigenvalue weighted by molar-refractivity contribution is 6.30. The number of ether oxygens (including phenoxy) is 2. The molecule has 7 heteroatoms. The van der Waals surface area contributed by atoms with Gasteiger partial charge >= 0.3 is 5.97 Å². The molecule has 4 rings (SSSR count). The molecule has 6 nitrogen and oxygen atoms in total. The lowest BCUT2D eigenvalue weighted by molar-refractivity contribution is 0.0526. The standard InChI is InChI=1S/C23H22ClN3O3/c1-3-29-23(28)18-13-25-21(15-5-7-16(24)8-6-15)27-22(18)26-19-10-11-30-20-9-4-14(2)12-17(19)20/h4-9,12-13,19H,3,10-11H2,1-2H3,(H,25,26,27). The lowest BCUT2D eigenvalue weighted by atomic mass is 9.98. The minimum absolute atomic E-state index is 0.0465. The van der Waals surface area contributed by atoms with Crippen LogP contribution in [0.1, 0.15) is 40.9 Å². The zero-order valence-corrected chi connectivity index (χ0v) is 17.6. The number of nitrogens with zero attached hydrogens (tertiary/aromatic N) is 2. The van der Waals surface area contributed by atoms with E-state index < -0.39 is 5.97 Å². The van der Waals surface area contributed by atoms with Gasteiger partial charge in [-0.15, -0.1) is 0 Å². The summed E-state index contributed by atoms with van der Waals surface area (Å²) in [4.78, 5) is 21.5. The van der Waals surface area contributed by atoms with Crippen LogP contribution < -0.4 is 10.1 Å². The van der Waals surface area contributed by atoms with Crippen molar-refractivity contribution in [3.8, 4) is 17.1 Å². The molecule has 3 aromatic rings. The molecule has 1 atom stereocenters. The predicted molar refractivity (Wildman–Crippen MR) is 116 cm³/mol. The summed E-state index contributed by atoms with van der Waals surface area (Å²) in [7, 11) is 0. The molecule has 1 aliphatic heterocycles. The number of nitrogens with one attached hydrogen (secondary N) is 1. The average Bonchev–Trinajstić information content (AvgIpc) is 2.75. The molecule has 0 saturated carbocycles. The lowest BCUT2D eigenvalue weighted by Crippen LogP contribution is -2.23. The van der Waals surface area contributed by atoms with Crippen LogP contribution in [-0.4, -0.2) is 29.2 Å². The fraction of sp³-hybridized carbons (Fsp3) is 0.261. The Morgan fingerprint density at radius 3 is 2.83 bits per heavy atom. The maximum atomic E-state index is 12.5. The van der Waals surface area contributed by atoms with Crippen LogP contribution in [0, 0.1) is 6.92 Å². The van der Waals surface area contributed by atoms with Gasteiger partial charge in [0.25, 0.3) is 0 Å². The van der Waals surface area contributed by atoms with E-state index in [1.807, 2.05) is 31.2 Å². The van der Waals surface area contributed by atoms with Crippen LogP contribution in [0.3, 0.4) is 0 Å². The zero-order chi connectivity index (χ0) is 21.1. The molecule has 0 saturated heterocycles. The van der Waals surface area contributed by atoms with Gasteiger partial charge < -0.3 is 14.8 Å². The summed E-state index contributed by atoms with van der Waals surface area (Å²) in [5.74, 6) is 1.32. The maximum Gasteiger partial charge on any atom is 0.343 e. The Morgan fingerprint density at radius 2 is 2.07 bits per heavy atom. The number of halogens is 1. The summed E-state index contributed by atoms with van der Waals surface area (Å²) in [5, 5.41) is 4.07. The van der Waals surface area contributed by atoms with E-state index in [2.05, 4.69) is 21.4 Å². The second kappa shape index (κ2) is 8.71. The molecular weight excluding hydrogens is 402 g/mol. The summed E-state index contributed by atoms with van der Waals surface area (Å²) in [6.45, 7) is 4.67. The second-order valence-corrected chi connectivity index (χ2v) is 7.50. The molecule has 2 heterocycles. The Kier molecular flexibility index (Phi) is 5.86. The maximum absolute atomic E-state index is 12.5. The minimum atomic E-state index is -0.459. The van der Waals surface area contributed by atoms with E-state index in [4.69, 9.17) is 21.1 Å². The Hall–Kier alpha value is -3.12. The fourth-order valence-corrected chi connectivity index (χ4v) is 3.54. The molecular formula is C23H22ClN3O3. The predicted octanol–water partition coefficient (Wildman–Crippen LogP) is 5.22. The third kappa shape index (κ3) is 4.24. The molecule has 154 valence electrons. The van der Waals surface area contributed by atoms with Gasteiger partial charge in [0.05, 0.1) is 19.3 Å². The summed E-state index contributed by atoms with van der Waals surface area (Å²) >= 11 is 6.00. The van der Waals surface area contributed by atoms with E-state index in [9.17, 15) is 4.79 Å². The highest BCUT2D eigenvalue weighted by Crippen LogP contribution is 2.35. The van der Waals surface area contributed by atoms with E-state index in [0.29, 0.717) is 28.8 Å². The van der Waals surface area contributed by atoms with E-state index >= 15 is 0 Å². The van der Waals surface area contributed by atoms with Crippen molar-refractivity contribution < 1.29 is 14.3 Å². The monoisotopic (exact) mass is 423 g/mol. The smallest absolute Gasteiger partial charge is 0.343 e. The van der Waals surface area contributed by atoms with Crippen molar-refractivity contribution in [2.45, 2.75) is 26.3 Å². The molecule has 0 bridgehead atoms. The van der Waals surface area contributed by atoms with Gasteiger partial charge in [0.1, 0.15) is 17.1 Å². The Morgan fingerprint density at radius 1 is 1.27 bits per heavy atom. The second-order valence-electron chi connectivity index (χ2n) is 7.06. The van der Waals surface area contributed by atoms with E-state index in [1.165, 1.54) is 6.20 Å². The van der Waals surface area contributed by atoms with Gasteiger partial charge in [-0.1, -0.05) is 29.3 Å². The van der Waals surface area contributed by atoms with Gasteiger partial charge in [-0.05, 0) is 44.2 Å². The number of aromatic nitrogens is 2. The van der Waals surface area contributed by atoms with Crippen LogP contribution in [0.15, 0.2) is 48.7 Å². The number of hydrogen-bond donors (Lipinski definition) is 1. The summed E-state index contributed by atoms with van der Waals surface area (Å²) < 4.78 is 11.0. The topological polar surface area (TPSA) is 73.3 Å². The molecule has 30 heavy (non-hydrogen) atoms. The third-order valence-electron chi connectivity index (χ3n) is 4.90. The van der Waals surface area contributed by atoms with Crippen LogP contribution in [0.5, 0.6) is 5.75 Å². The van der Waals surface area contributed by atoms with Crippen LogP contribution in [0.4, 0.5) is 5.82 Å². The number of carbonyl (C=O) groups is 1. The normalized spacial score (nSPS) is 15.1. The first-order valence-corrected chi connectivity index (χ1v) is 10.2. The molecule has 0 fully saturated rings. The van der Waals surface area contributed by atoms with Crippen molar-refractivity contribution in [1.82, 2.24) is 9.97 Å². The number of hydrogen-bond acceptors (Lipinski definition) is 6. The Labute approximate surface area is 180 Å². The zero-order valence-electron chi connectivity index (χ0n) is 16.8. The number of fused-ring (bicyclic) bond motifs is 1. The molecule has 0 radical (unpaired) electrons. The number of benzene rings is 2. The van der Waals surface area contributed by atoms with Gasteiger partial charge in [0.2, 0.25) is 0 Å². The molecule has 0 aliphatic carbocycles. The Balaban J connectivity index is 1.73. The SMILES string of the molecule is CCOC(=O)c1cnc(-c2ccc(Cl)cc2)nc1NC1CCOc2ccc(C)cc21. The van der Waals surface area contributed by atoms with E-state index in [0.717, 1.165) is 28.9 Å². The van der Waals surface area contributed by atoms with Gasteiger partial charge in [0.15, 0.2) is 5.82 Å². The van der Waals surface area contributed by atoms with Crippen molar-refractivity contribution in [2.75, 3.05) is 18.5 Å². The van der Waals surface area contributed by atoms with Crippen LogP contribution in [-0.2, 0) is 4.74 Å². The van der Waals surface area contributed by atoms with Crippen molar-refractivity contribution in [1.29, 1.82) is 0 Å². The molecule has 1 N–H and O–H groups in total. The van der Waals surface area contributed by atoms with Crippen LogP contribution in [0.2, 0.25) is 5.02 Å². The Bertz CT molecular complexity index is 1070. The molecule has 0 spiro atoms. The van der Waals surface area contributed by atoms with Gasteiger partial charge in [-0.2, -0.15) is 0 Å². The van der Waals surface area contributed by atoms with Crippen LogP contribution in [0.25, 0.3) is 11.4 Å². The number of aryl methyl sites for hydroxylation is 1. The summed E-state index contributed by atoms with van der Waals surface area (Å²) in [6.07, 6.45) is 2.26. The lowest BCUT2D eigenvalue weighted by Gasteiger charge is -2.28. The molecule has 1 unspecified atom stereocenters. The highest BCUT2D eigenvalue weighted by atomic mass is 35.5. The first-order chi connectivity index (χ1) is 14.5. The van der Waals surface area contributed by atoms with Crippen molar-refractivity contribution in [3.05, 3.63) is 70.4 Å². The van der Waals surface area contributed by atoms with E-state index in [1.54, 1.807) is 19.1 Å². The van der Waals surface area contributed by atoms with Crippen molar-refractivity contribution >= 4 is 23.4 Å². The summed E-state index contributed by atoms with van der Waals surface area (Å²) in [5.41, 5.74) is 3.29. The van der Waals surface area contributed by atoms with E-state index in [-0.39, 0.29) is 12.6 Å². The van der Waals surface area contributed by atoms with Crippen LogP contribution >= 0.6 is 11.6 Å². The number of carbonyl (C=O) groups excluding carboxylic acids is 1. The van der Waals surface area contributed by atoms with Gasteiger partial charge in [0, 0.05) is 28.8 Å². The number of rotatable bonds is 5. The molecule has 0 amide bonds. The quantitative estimate of drug-likeness (QED) is 0.567. The average molecular weight is 424 g/mol. The highest BCUT2D eigenvalue weighted by Gasteiger charge is 2.25. The summed E-state index contributed by atoms with van der Waals surface area (Å²) in [6, 6.07) is 13.3. The molecule has 2 aromatic carbocycles. The largest absolute Gasteiger partial charge is 0.493 e. The molecule has 1 aliphatic rings. The first-order valence-electron chi connectivity index (χ1n) is 9.85. The van der Waals surface area contributed by atoms with Crippen molar-refractivity contribution in [2.24, 2.45) is 0 Å². The number of esters is 1. The third-order valence-corrected chi connectivity index (χ3v) is 5.15. The molecule has 1 aromatic heterocycles. The van der Waals surface area contributed by atoms with Gasteiger partial charge in [-0.25, -0.2) is 14.8 Å². The fourth-order valence-electron chi connectivity index (χ4n) is 3.42. The first kappa shape index (κ1) is 20.2. The van der Waals surface area contributed by atoms with Crippen molar-refractivity contribution in [3.63, 3.8) is 0 Å². The van der Waals surface area contributed by atoms with Gasteiger partial charge in [-0.3, -0.25) is 0 Å². The number of anilines is 1.